The molecule has 3 nitrogen and oxygen atoms in total. The van der Waals surface area contributed by atoms with Gasteiger partial charge in [-0.3, -0.25) is 4.98 Å². The van der Waals surface area contributed by atoms with Gasteiger partial charge >= 0.3 is 0 Å². The summed E-state index contributed by atoms with van der Waals surface area (Å²) in [5, 5.41) is 4.63. The van der Waals surface area contributed by atoms with Crippen LogP contribution < -0.4 is 0 Å². The highest BCUT2D eigenvalue weighted by molar-refractivity contribution is 5.81. The summed E-state index contributed by atoms with van der Waals surface area (Å²) >= 11 is 0. The number of halogens is 1. The monoisotopic (exact) mass is 279 g/mol. The molecule has 4 heteroatoms. The van der Waals surface area contributed by atoms with E-state index in [0.717, 1.165) is 16.5 Å². The van der Waals surface area contributed by atoms with Gasteiger partial charge in [0.25, 0.3) is 0 Å². The van der Waals surface area contributed by atoms with E-state index in [9.17, 15) is 4.39 Å². The normalized spacial score (nSPS) is 12.2. The van der Waals surface area contributed by atoms with Crippen LogP contribution in [0.15, 0.2) is 65.9 Å². The van der Waals surface area contributed by atoms with Gasteiger partial charge in [0.15, 0.2) is 0 Å². The quantitative estimate of drug-likeness (QED) is 0.692. The van der Waals surface area contributed by atoms with Gasteiger partial charge < -0.3 is 0 Å². The second-order valence-electron chi connectivity index (χ2n) is 4.86. The number of nitrogens with zero attached hydrogens (tertiary/aromatic N) is 2. The zero-order valence-electron chi connectivity index (χ0n) is 11.3. The summed E-state index contributed by atoms with van der Waals surface area (Å²) in [4.78, 5) is 4.31. The van der Waals surface area contributed by atoms with Crippen LogP contribution in [0.2, 0.25) is 0 Å². The fraction of sp³-hybridized carbons (Fsp3) is 0.118. The molecular weight excluding hydrogens is 265 g/mol. The van der Waals surface area contributed by atoms with Crippen molar-refractivity contribution in [1.29, 1.82) is 5.53 Å². The predicted molar refractivity (Wildman–Crippen MR) is 79.7 cm³/mol. The summed E-state index contributed by atoms with van der Waals surface area (Å²) in [6.07, 6.45) is 2.22. The number of para-hydroxylation sites is 1. The SMILES string of the molecule is N=NC(Cc1ccnc2ccccc12)c1ccccc1F. The minimum atomic E-state index is -0.517. The maximum absolute atomic E-state index is 13.9. The van der Waals surface area contributed by atoms with Crippen molar-refractivity contribution in [3.05, 3.63) is 77.7 Å². The third kappa shape index (κ3) is 2.65. The molecule has 0 aliphatic heterocycles. The maximum Gasteiger partial charge on any atom is 0.128 e. The molecule has 0 aliphatic carbocycles. The Kier molecular flexibility index (Phi) is 3.69. The molecule has 0 saturated carbocycles. The molecule has 0 radical (unpaired) electrons. The number of nitrogens with one attached hydrogen (secondary N) is 1. The molecule has 0 saturated heterocycles. The Morgan fingerprint density at radius 3 is 2.62 bits per heavy atom. The van der Waals surface area contributed by atoms with Crippen LogP contribution in [0.5, 0.6) is 0 Å². The van der Waals surface area contributed by atoms with Crippen molar-refractivity contribution in [2.75, 3.05) is 0 Å². The molecule has 0 bridgehead atoms. The Morgan fingerprint density at radius 2 is 1.81 bits per heavy atom. The van der Waals surface area contributed by atoms with E-state index in [1.807, 2.05) is 30.3 Å². The van der Waals surface area contributed by atoms with Gasteiger partial charge in [-0.05, 0) is 23.8 Å². The first-order valence-corrected chi connectivity index (χ1v) is 6.73. The first-order chi connectivity index (χ1) is 10.3. The van der Waals surface area contributed by atoms with Crippen LogP contribution in [-0.4, -0.2) is 4.98 Å². The highest BCUT2D eigenvalue weighted by atomic mass is 19.1. The molecule has 104 valence electrons. The summed E-state index contributed by atoms with van der Waals surface area (Å²) in [6.45, 7) is 0. The Labute approximate surface area is 122 Å². The van der Waals surface area contributed by atoms with E-state index in [-0.39, 0.29) is 5.82 Å². The summed E-state index contributed by atoms with van der Waals surface area (Å²) in [5.41, 5.74) is 9.76. The number of rotatable bonds is 4. The minimum absolute atomic E-state index is 0.322. The number of pyridine rings is 1. The predicted octanol–water partition coefficient (Wildman–Crippen LogP) is 4.69. The van der Waals surface area contributed by atoms with E-state index in [4.69, 9.17) is 5.53 Å². The molecule has 0 amide bonds. The van der Waals surface area contributed by atoms with Crippen LogP contribution in [0.3, 0.4) is 0 Å². The lowest BCUT2D eigenvalue weighted by Crippen LogP contribution is -2.03. The van der Waals surface area contributed by atoms with E-state index < -0.39 is 6.04 Å². The fourth-order valence-electron chi connectivity index (χ4n) is 2.51. The number of hydrogen-bond acceptors (Lipinski definition) is 3. The van der Waals surface area contributed by atoms with Crippen molar-refractivity contribution in [2.45, 2.75) is 12.5 Å². The maximum atomic E-state index is 13.9. The first-order valence-electron chi connectivity index (χ1n) is 6.73. The summed E-state index contributed by atoms with van der Waals surface area (Å²) < 4.78 is 13.9. The van der Waals surface area contributed by atoms with Gasteiger partial charge in [0.05, 0.1) is 5.52 Å². The number of hydrogen-bond donors (Lipinski definition) is 1. The van der Waals surface area contributed by atoms with E-state index >= 15 is 0 Å². The molecule has 1 atom stereocenters. The summed E-state index contributed by atoms with van der Waals surface area (Å²) in [7, 11) is 0. The molecule has 3 rings (SSSR count). The molecule has 0 spiro atoms. The van der Waals surface area contributed by atoms with Crippen molar-refractivity contribution in [3.8, 4) is 0 Å². The second kappa shape index (κ2) is 5.79. The third-order valence-electron chi connectivity index (χ3n) is 3.57. The van der Waals surface area contributed by atoms with Crippen molar-refractivity contribution >= 4 is 10.9 Å². The van der Waals surface area contributed by atoms with Crippen LogP contribution in [0.25, 0.3) is 10.9 Å². The molecule has 2 aromatic carbocycles. The number of fused-ring (bicyclic) bond motifs is 1. The van der Waals surface area contributed by atoms with Crippen LogP contribution >= 0.6 is 0 Å². The first kappa shape index (κ1) is 13.4. The summed E-state index contributed by atoms with van der Waals surface area (Å²) in [6, 6.07) is 15.7. The Morgan fingerprint density at radius 1 is 1.05 bits per heavy atom. The van der Waals surface area contributed by atoms with Crippen molar-refractivity contribution in [1.82, 2.24) is 4.98 Å². The molecule has 3 aromatic rings. The van der Waals surface area contributed by atoms with Gasteiger partial charge in [0.2, 0.25) is 0 Å². The van der Waals surface area contributed by atoms with Crippen LogP contribution in [0.4, 0.5) is 4.39 Å². The van der Waals surface area contributed by atoms with E-state index in [1.54, 1.807) is 24.4 Å². The van der Waals surface area contributed by atoms with Gasteiger partial charge in [-0.2, -0.15) is 5.11 Å². The van der Waals surface area contributed by atoms with Crippen LogP contribution in [0.1, 0.15) is 17.2 Å². The Bertz CT molecular complexity index is 780. The standard InChI is InChI=1S/C17H14FN3/c18-15-7-3-1-6-14(15)17(21-19)11-12-9-10-20-16-8-4-2-5-13(12)16/h1-10,17,19H,11H2. The van der Waals surface area contributed by atoms with E-state index in [0.29, 0.717) is 12.0 Å². The van der Waals surface area contributed by atoms with E-state index in [2.05, 4.69) is 10.1 Å². The lowest BCUT2D eigenvalue weighted by atomic mass is 9.97. The van der Waals surface area contributed by atoms with Crippen molar-refractivity contribution < 1.29 is 4.39 Å². The molecule has 0 fully saturated rings. The van der Waals surface area contributed by atoms with Gasteiger partial charge in [-0.1, -0.05) is 36.4 Å². The highest BCUT2D eigenvalue weighted by Crippen LogP contribution is 2.27. The molecule has 0 aliphatic rings. The zero-order chi connectivity index (χ0) is 14.7. The topological polar surface area (TPSA) is 49.1 Å². The molecule has 1 N–H and O–H groups in total. The third-order valence-corrected chi connectivity index (χ3v) is 3.57. The van der Waals surface area contributed by atoms with Gasteiger partial charge in [0, 0.05) is 23.6 Å². The van der Waals surface area contributed by atoms with Crippen LogP contribution in [0, 0.1) is 11.3 Å². The molecule has 1 unspecified atom stereocenters. The minimum Gasteiger partial charge on any atom is -0.256 e. The van der Waals surface area contributed by atoms with Crippen LogP contribution in [-0.2, 0) is 6.42 Å². The summed E-state index contributed by atoms with van der Waals surface area (Å²) in [5.74, 6) is -0.322. The Balaban J connectivity index is 2.00. The van der Waals surface area contributed by atoms with Gasteiger partial charge in [0.1, 0.15) is 11.9 Å². The molecule has 1 heterocycles. The molecule has 21 heavy (non-hydrogen) atoms. The number of benzene rings is 2. The molecular formula is C17H14FN3. The van der Waals surface area contributed by atoms with Gasteiger partial charge in [-0.15, -0.1) is 0 Å². The lowest BCUT2D eigenvalue weighted by Gasteiger charge is -2.13. The largest absolute Gasteiger partial charge is 0.256 e. The average Bonchev–Trinajstić information content (AvgIpc) is 2.53. The molecule has 1 aromatic heterocycles. The smallest absolute Gasteiger partial charge is 0.128 e. The highest BCUT2D eigenvalue weighted by Gasteiger charge is 2.16. The fourth-order valence-corrected chi connectivity index (χ4v) is 2.51. The van der Waals surface area contributed by atoms with Crippen molar-refractivity contribution in [3.63, 3.8) is 0 Å². The zero-order valence-corrected chi connectivity index (χ0v) is 11.3. The average molecular weight is 279 g/mol. The lowest BCUT2D eigenvalue weighted by molar-refractivity contribution is 0.567. The Hall–Kier alpha value is -2.62. The van der Waals surface area contributed by atoms with Crippen molar-refractivity contribution in [2.24, 2.45) is 5.11 Å². The van der Waals surface area contributed by atoms with E-state index in [1.165, 1.54) is 6.07 Å². The van der Waals surface area contributed by atoms with Gasteiger partial charge in [-0.25, -0.2) is 9.92 Å². The second-order valence-corrected chi connectivity index (χ2v) is 4.86. The number of aromatic nitrogens is 1.